The standard InChI is InChI=1S/C13H26N4O/c1-13(2,3)9-10(14)8-12-15-11(16-18-12)6-7-17(4)5/h10H,6-9,14H2,1-5H3. The Kier molecular flexibility index (Phi) is 5.28. The fourth-order valence-electron chi connectivity index (χ4n) is 1.88. The highest BCUT2D eigenvalue weighted by molar-refractivity contribution is 4.90. The van der Waals surface area contributed by atoms with E-state index in [-0.39, 0.29) is 11.5 Å². The first-order valence-corrected chi connectivity index (χ1v) is 6.48. The molecule has 1 aromatic rings. The molecule has 0 fully saturated rings. The van der Waals surface area contributed by atoms with Crippen LogP contribution in [0.2, 0.25) is 0 Å². The second-order valence-corrected chi connectivity index (χ2v) is 6.39. The van der Waals surface area contributed by atoms with Crippen molar-refractivity contribution in [2.24, 2.45) is 11.1 Å². The summed E-state index contributed by atoms with van der Waals surface area (Å²) in [6.07, 6.45) is 2.42. The van der Waals surface area contributed by atoms with Crippen molar-refractivity contribution in [2.75, 3.05) is 20.6 Å². The van der Waals surface area contributed by atoms with Gasteiger partial charge in [-0.2, -0.15) is 4.98 Å². The molecule has 1 aromatic heterocycles. The van der Waals surface area contributed by atoms with Gasteiger partial charge >= 0.3 is 0 Å². The number of hydrogen-bond donors (Lipinski definition) is 1. The van der Waals surface area contributed by atoms with Crippen LogP contribution in [0.25, 0.3) is 0 Å². The van der Waals surface area contributed by atoms with Crippen molar-refractivity contribution in [3.63, 3.8) is 0 Å². The average Bonchev–Trinajstić information content (AvgIpc) is 2.59. The number of rotatable bonds is 6. The van der Waals surface area contributed by atoms with Crippen LogP contribution >= 0.6 is 0 Å². The Morgan fingerprint density at radius 3 is 2.56 bits per heavy atom. The Morgan fingerprint density at radius 1 is 1.33 bits per heavy atom. The van der Waals surface area contributed by atoms with Gasteiger partial charge in [0.15, 0.2) is 5.82 Å². The van der Waals surface area contributed by atoms with Gasteiger partial charge in [-0.1, -0.05) is 25.9 Å². The maximum absolute atomic E-state index is 6.09. The van der Waals surface area contributed by atoms with Gasteiger partial charge in [0.25, 0.3) is 0 Å². The molecule has 2 N–H and O–H groups in total. The fourth-order valence-corrected chi connectivity index (χ4v) is 1.88. The quantitative estimate of drug-likeness (QED) is 0.832. The van der Waals surface area contributed by atoms with E-state index in [9.17, 15) is 0 Å². The summed E-state index contributed by atoms with van der Waals surface area (Å²) >= 11 is 0. The van der Waals surface area contributed by atoms with Crippen molar-refractivity contribution in [3.8, 4) is 0 Å². The van der Waals surface area contributed by atoms with Crippen molar-refractivity contribution >= 4 is 0 Å². The maximum atomic E-state index is 6.09. The first-order valence-electron chi connectivity index (χ1n) is 6.48. The van der Waals surface area contributed by atoms with E-state index < -0.39 is 0 Å². The summed E-state index contributed by atoms with van der Waals surface area (Å²) in [5, 5.41) is 3.97. The molecule has 18 heavy (non-hydrogen) atoms. The molecule has 0 aliphatic carbocycles. The summed E-state index contributed by atoms with van der Waals surface area (Å²) in [6, 6.07) is 0.0761. The summed E-state index contributed by atoms with van der Waals surface area (Å²) in [6.45, 7) is 7.47. The van der Waals surface area contributed by atoms with E-state index in [1.807, 2.05) is 14.1 Å². The molecule has 1 heterocycles. The van der Waals surface area contributed by atoms with E-state index in [1.165, 1.54) is 0 Å². The molecule has 0 radical (unpaired) electrons. The predicted molar refractivity (Wildman–Crippen MR) is 72.3 cm³/mol. The lowest BCUT2D eigenvalue weighted by Gasteiger charge is -2.21. The Balaban J connectivity index is 2.43. The molecule has 5 nitrogen and oxygen atoms in total. The lowest BCUT2D eigenvalue weighted by atomic mass is 9.87. The van der Waals surface area contributed by atoms with Gasteiger partial charge < -0.3 is 15.2 Å². The highest BCUT2D eigenvalue weighted by atomic mass is 16.5. The zero-order valence-corrected chi connectivity index (χ0v) is 12.2. The van der Waals surface area contributed by atoms with Gasteiger partial charge in [0.05, 0.1) is 0 Å². The van der Waals surface area contributed by atoms with E-state index >= 15 is 0 Å². The van der Waals surface area contributed by atoms with Crippen LogP contribution in [0.1, 0.15) is 38.9 Å². The molecule has 0 spiro atoms. The van der Waals surface area contributed by atoms with Gasteiger partial charge in [0.1, 0.15) is 0 Å². The number of likely N-dealkylation sites (N-methyl/N-ethyl adjacent to an activating group) is 1. The molecular formula is C13H26N4O. The van der Waals surface area contributed by atoms with Crippen LogP contribution in [0, 0.1) is 5.41 Å². The predicted octanol–water partition coefficient (Wildman–Crippen LogP) is 1.48. The number of hydrogen-bond acceptors (Lipinski definition) is 5. The van der Waals surface area contributed by atoms with Crippen LogP contribution in [0.15, 0.2) is 4.52 Å². The van der Waals surface area contributed by atoms with Gasteiger partial charge in [0.2, 0.25) is 5.89 Å². The number of aromatic nitrogens is 2. The summed E-state index contributed by atoms with van der Waals surface area (Å²) in [4.78, 5) is 6.47. The zero-order chi connectivity index (χ0) is 13.8. The molecule has 1 atom stereocenters. The molecule has 0 aliphatic rings. The lowest BCUT2D eigenvalue weighted by Crippen LogP contribution is -2.28. The van der Waals surface area contributed by atoms with E-state index in [2.05, 4.69) is 35.8 Å². The number of nitrogens with two attached hydrogens (primary N) is 1. The van der Waals surface area contributed by atoms with Gasteiger partial charge in [-0.25, -0.2) is 0 Å². The topological polar surface area (TPSA) is 68.2 Å². The first kappa shape index (κ1) is 15.1. The normalized spacial score (nSPS) is 14.2. The van der Waals surface area contributed by atoms with Crippen molar-refractivity contribution in [1.82, 2.24) is 15.0 Å². The summed E-state index contributed by atoms with van der Waals surface area (Å²) in [5.74, 6) is 1.42. The van der Waals surface area contributed by atoms with Crippen molar-refractivity contribution in [1.29, 1.82) is 0 Å². The van der Waals surface area contributed by atoms with E-state index in [4.69, 9.17) is 10.3 Å². The second kappa shape index (κ2) is 6.29. The first-order chi connectivity index (χ1) is 8.26. The Bertz CT molecular complexity index is 354. The molecule has 0 amide bonds. The number of nitrogens with zero attached hydrogens (tertiary/aromatic N) is 3. The van der Waals surface area contributed by atoms with E-state index in [1.54, 1.807) is 0 Å². The minimum absolute atomic E-state index is 0.0761. The Labute approximate surface area is 110 Å². The minimum Gasteiger partial charge on any atom is -0.339 e. The summed E-state index contributed by atoms with van der Waals surface area (Å²) in [5.41, 5.74) is 6.32. The molecule has 0 aliphatic heterocycles. The smallest absolute Gasteiger partial charge is 0.228 e. The minimum atomic E-state index is 0.0761. The monoisotopic (exact) mass is 254 g/mol. The molecule has 1 rings (SSSR count). The maximum Gasteiger partial charge on any atom is 0.228 e. The van der Waals surface area contributed by atoms with Crippen molar-refractivity contribution in [3.05, 3.63) is 11.7 Å². The highest BCUT2D eigenvalue weighted by Gasteiger charge is 2.18. The van der Waals surface area contributed by atoms with Gasteiger partial charge in [-0.15, -0.1) is 0 Å². The molecule has 0 saturated carbocycles. The van der Waals surface area contributed by atoms with Crippen LogP contribution in [0.4, 0.5) is 0 Å². The van der Waals surface area contributed by atoms with E-state index in [0.717, 1.165) is 25.2 Å². The fraction of sp³-hybridized carbons (Fsp3) is 0.846. The van der Waals surface area contributed by atoms with Crippen molar-refractivity contribution in [2.45, 2.75) is 46.1 Å². The lowest BCUT2D eigenvalue weighted by molar-refractivity contribution is 0.312. The van der Waals surface area contributed by atoms with Crippen LogP contribution in [0.5, 0.6) is 0 Å². The van der Waals surface area contributed by atoms with Gasteiger partial charge in [-0.05, 0) is 25.9 Å². The SMILES string of the molecule is CN(C)CCc1noc(CC(N)CC(C)(C)C)n1. The van der Waals surface area contributed by atoms with Gasteiger partial charge in [0, 0.05) is 25.4 Å². The molecule has 0 bridgehead atoms. The Hall–Kier alpha value is -0.940. The molecule has 5 heteroatoms. The summed E-state index contributed by atoms with van der Waals surface area (Å²) < 4.78 is 5.22. The van der Waals surface area contributed by atoms with Crippen molar-refractivity contribution < 1.29 is 4.52 Å². The zero-order valence-electron chi connectivity index (χ0n) is 12.2. The molecule has 1 unspecified atom stereocenters. The third-order valence-electron chi connectivity index (χ3n) is 2.60. The third kappa shape index (κ3) is 6.12. The van der Waals surface area contributed by atoms with Crippen LogP contribution < -0.4 is 5.73 Å². The van der Waals surface area contributed by atoms with Crippen LogP contribution in [-0.4, -0.2) is 41.7 Å². The van der Waals surface area contributed by atoms with Crippen LogP contribution in [0.3, 0.4) is 0 Å². The van der Waals surface area contributed by atoms with Gasteiger partial charge in [-0.3, -0.25) is 0 Å². The largest absolute Gasteiger partial charge is 0.339 e. The van der Waals surface area contributed by atoms with Crippen LogP contribution in [-0.2, 0) is 12.8 Å². The third-order valence-corrected chi connectivity index (χ3v) is 2.60. The molecule has 0 saturated heterocycles. The molecular weight excluding hydrogens is 228 g/mol. The average molecular weight is 254 g/mol. The summed E-state index contributed by atoms with van der Waals surface area (Å²) in [7, 11) is 4.06. The Morgan fingerprint density at radius 2 is 2.00 bits per heavy atom. The molecule has 104 valence electrons. The second-order valence-electron chi connectivity index (χ2n) is 6.39. The molecule has 0 aromatic carbocycles. The van der Waals surface area contributed by atoms with E-state index in [0.29, 0.717) is 12.3 Å². The highest BCUT2D eigenvalue weighted by Crippen LogP contribution is 2.21.